The van der Waals surface area contributed by atoms with E-state index in [-0.39, 0.29) is 5.56 Å². The normalized spacial score (nSPS) is 13.1. The van der Waals surface area contributed by atoms with Crippen molar-refractivity contribution in [3.63, 3.8) is 0 Å². The van der Waals surface area contributed by atoms with E-state index in [1.165, 1.54) is 10.7 Å². The molecule has 0 aliphatic rings. The number of rotatable bonds is 4. The van der Waals surface area contributed by atoms with Gasteiger partial charge in [-0.1, -0.05) is 6.92 Å². The van der Waals surface area contributed by atoms with Crippen molar-refractivity contribution < 1.29 is 4.21 Å². The molecule has 0 aliphatic heterocycles. The molecule has 0 bridgehead atoms. The Morgan fingerprint density at radius 3 is 2.77 bits per heavy atom. The van der Waals surface area contributed by atoms with Crippen molar-refractivity contribution in [2.24, 2.45) is 7.05 Å². The SMILES string of the molecule is CCCS(=O)Cc1cc(=O)n(C)[nH]1. The molecule has 1 unspecified atom stereocenters. The van der Waals surface area contributed by atoms with E-state index in [0.717, 1.165) is 12.1 Å². The fraction of sp³-hybridized carbons (Fsp3) is 0.625. The van der Waals surface area contributed by atoms with E-state index >= 15 is 0 Å². The summed E-state index contributed by atoms with van der Waals surface area (Å²) < 4.78 is 12.7. The summed E-state index contributed by atoms with van der Waals surface area (Å²) in [6, 6.07) is 1.49. The summed E-state index contributed by atoms with van der Waals surface area (Å²) in [5, 5.41) is 2.84. The number of nitrogens with one attached hydrogen (secondary N) is 1. The van der Waals surface area contributed by atoms with Crippen LogP contribution < -0.4 is 5.56 Å². The van der Waals surface area contributed by atoms with Crippen molar-refractivity contribution in [3.05, 3.63) is 22.1 Å². The molecular formula is C8H14N2O2S. The minimum atomic E-state index is -0.849. The second-order valence-corrected chi connectivity index (χ2v) is 4.54. The van der Waals surface area contributed by atoms with Gasteiger partial charge in [-0.15, -0.1) is 0 Å². The highest BCUT2D eigenvalue weighted by atomic mass is 32.2. The van der Waals surface area contributed by atoms with Crippen LogP contribution in [-0.4, -0.2) is 19.7 Å². The molecule has 4 nitrogen and oxygen atoms in total. The van der Waals surface area contributed by atoms with Crippen LogP contribution in [0.4, 0.5) is 0 Å². The van der Waals surface area contributed by atoms with E-state index in [1.807, 2.05) is 6.92 Å². The van der Waals surface area contributed by atoms with Crippen molar-refractivity contribution in [2.75, 3.05) is 5.75 Å². The van der Waals surface area contributed by atoms with Crippen LogP contribution in [0.2, 0.25) is 0 Å². The first-order chi connectivity index (χ1) is 6.13. The van der Waals surface area contributed by atoms with Crippen LogP contribution in [0.5, 0.6) is 0 Å². The van der Waals surface area contributed by atoms with Gasteiger partial charge in [0.2, 0.25) is 0 Å². The van der Waals surface area contributed by atoms with Crippen LogP contribution in [0.3, 0.4) is 0 Å². The predicted molar refractivity (Wildman–Crippen MR) is 53.0 cm³/mol. The van der Waals surface area contributed by atoms with Crippen LogP contribution in [0.25, 0.3) is 0 Å². The van der Waals surface area contributed by atoms with Gasteiger partial charge in [-0.3, -0.25) is 18.8 Å². The molecule has 0 aromatic carbocycles. The van der Waals surface area contributed by atoms with Crippen molar-refractivity contribution in [1.29, 1.82) is 0 Å². The summed E-state index contributed by atoms with van der Waals surface area (Å²) in [4.78, 5) is 11.0. The van der Waals surface area contributed by atoms with Gasteiger partial charge in [0, 0.05) is 35.4 Å². The molecule has 0 saturated heterocycles. The largest absolute Gasteiger partial charge is 0.299 e. The maximum Gasteiger partial charge on any atom is 0.266 e. The average Bonchev–Trinajstić information content (AvgIpc) is 2.31. The highest BCUT2D eigenvalue weighted by Gasteiger charge is 2.03. The summed E-state index contributed by atoms with van der Waals surface area (Å²) in [6.45, 7) is 1.99. The molecule has 1 aromatic rings. The number of hydrogen-bond acceptors (Lipinski definition) is 2. The summed E-state index contributed by atoms with van der Waals surface area (Å²) in [5.74, 6) is 1.14. The molecule has 0 aliphatic carbocycles. The zero-order valence-electron chi connectivity index (χ0n) is 7.87. The van der Waals surface area contributed by atoms with Gasteiger partial charge in [-0.25, -0.2) is 0 Å². The number of H-pyrrole nitrogens is 1. The Hall–Kier alpha value is -0.840. The molecule has 13 heavy (non-hydrogen) atoms. The van der Waals surface area contributed by atoms with Crippen molar-refractivity contribution in [2.45, 2.75) is 19.1 Å². The van der Waals surface area contributed by atoms with Crippen LogP contribution in [0.15, 0.2) is 10.9 Å². The van der Waals surface area contributed by atoms with E-state index in [2.05, 4.69) is 5.10 Å². The molecule has 74 valence electrons. The fourth-order valence-electron chi connectivity index (χ4n) is 1.10. The van der Waals surface area contributed by atoms with Crippen LogP contribution in [0.1, 0.15) is 19.0 Å². The first-order valence-corrected chi connectivity index (χ1v) is 5.72. The summed E-state index contributed by atoms with van der Waals surface area (Å²) >= 11 is 0. The Balaban J connectivity index is 2.64. The Kier molecular flexibility index (Phi) is 3.48. The molecule has 0 fully saturated rings. The standard InChI is InChI=1S/C8H14N2O2S/c1-3-4-13(12)6-7-5-8(11)10(2)9-7/h5,9H,3-4,6H2,1-2H3. The first kappa shape index (κ1) is 10.2. The van der Waals surface area contributed by atoms with Crippen LogP contribution >= 0.6 is 0 Å². The van der Waals surface area contributed by atoms with Crippen LogP contribution in [-0.2, 0) is 23.6 Å². The topological polar surface area (TPSA) is 54.9 Å². The van der Waals surface area contributed by atoms with E-state index in [0.29, 0.717) is 11.5 Å². The third-order valence-corrected chi connectivity index (χ3v) is 3.18. The molecule has 1 aromatic heterocycles. The highest BCUT2D eigenvalue weighted by molar-refractivity contribution is 7.84. The predicted octanol–water partition coefficient (Wildman–Crippen LogP) is 0.372. The molecule has 0 amide bonds. The molecule has 0 spiro atoms. The Labute approximate surface area is 79.4 Å². The van der Waals surface area contributed by atoms with Gasteiger partial charge in [0.05, 0.1) is 5.75 Å². The zero-order valence-corrected chi connectivity index (χ0v) is 8.69. The Bertz CT molecular complexity index is 353. The van der Waals surface area contributed by atoms with Gasteiger partial charge < -0.3 is 0 Å². The van der Waals surface area contributed by atoms with Crippen molar-refractivity contribution >= 4 is 10.8 Å². The molecule has 0 radical (unpaired) electrons. The first-order valence-electron chi connectivity index (χ1n) is 4.23. The third kappa shape index (κ3) is 2.84. The molecule has 5 heteroatoms. The minimum Gasteiger partial charge on any atom is -0.299 e. The number of aromatic amines is 1. The Morgan fingerprint density at radius 1 is 1.62 bits per heavy atom. The Morgan fingerprint density at radius 2 is 2.31 bits per heavy atom. The summed E-state index contributed by atoms with van der Waals surface area (Å²) in [5.41, 5.74) is 0.669. The number of nitrogens with zero attached hydrogens (tertiary/aromatic N) is 1. The van der Waals surface area contributed by atoms with Gasteiger partial charge in [0.25, 0.3) is 5.56 Å². The minimum absolute atomic E-state index is 0.0801. The van der Waals surface area contributed by atoms with Gasteiger partial charge in [0.1, 0.15) is 0 Å². The van der Waals surface area contributed by atoms with E-state index in [9.17, 15) is 9.00 Å². The molecule has 1 atom stereocenters. The number of hydrogen-bond donors (Lipinski definition) is 1. The maximum absolute atomic E-state index is 11.3. The lowest BCUT2D eigenvalue weighted by molar-refractivity contribution is 0.678. The molecule has 1 rings (SSSR count). The quantitative estimate of drug-likeness (QED) is 0.767. The lowest BCUT2D eigenvalue weighted by Crippen LogP contribution is -2.09. The monoisotopic (exact) mass is 202 g/mol. The third-order valence-electron chi connectivity index (χ3n) is 1.69. The molecule has 0 saturated carbocycles. The second kappa shape index (κ2) is 4.41. The van der Waals surface area contributed by atoms with Gasteiger partial charge >= 0.3 is 0 Å². The maximum atomic E-state index is 11.3. The summed E-state index contributed by atoms with van der Waals surface area (Å²) in [6.07, 6.45) is 0.906. The number of aryl methyl sites for hydroxylation is 1. The van der Waals surface area contributed by atoms with Gasteiger partial charge in [-0.05, 0) is 6.42 Å². The summed E-state index contributed by atoms with van der Waals surface area (Å²) in [7, 11) is 0.798. The number of aromatic nitrogens is 2. The zero-order chi connectivity index (χ0) is 9.84. The second-order valence-electron chi connectivity index (χ2n) is 2.97. The van der Waals surface area contributed by atoms with E-state index in [4.69, 9.17) is 0 Å². The highest BCUT2D eigenvalue weighted by Crippen LogP contribution is 1.97. The average molecular weight is 202 g/mol. The molecule has 1 N–H and O–H groups in total. The van der Waals surface area contributed by atoms with Gasteiger partial charge in [-0.2, -0.15) is 0 Å². The van der Waals surface area contributed by atoms with Crippen LogP contribution in [0, 0.1) is 0 Å². The molecular weight excluding hydrogens is 188 g/mol. The van der Waals surface area contributed by atoms with Gasteiger partial charge in [0.15, 0.2) is 0 Å². The lowest BCUT2D eigenvalue weighted by atomic mass is 10.5. The molecule has 1 heterocycles. The van der Waals surface area contributed by atoms with E-state index < -0.39 is 10.8 Å². The van der Waals surface area contributed by atoms with Crippen molar-refractivity contribution in [1.82, 2.24) is 9.78 Å². The smallest absolute Gasteiger partial charge is 0.266 e. The fourth-order valence-corrected chi connectivity index (χ4v) is 2.19. The lowest BCUT2D eigenvalue weighted by Gasteiger charge is -1.96. The van der Waals surface area contributed by atoms with Crippen molar-refractivity contribution in [3.8, 4) is 0 Å². The van der Waals surface area contributed by atoms with E-state index in [1.54, 1.807) is 7.05 Å².